The lowest BCUT2D eigenvalue weighted by Crippen LogP contribution is -2.38. The summed E-state index contributed by atoms with van der Waals surface area (Å²) >= 11 is 0. The van der Waals surface area contributed by atoms with Gasteiger partial charge in [-0.2, -0.15) is 0 Å². The first kappa shape index (κ1) is 22.7. The molecule has 8 heteroatoms. The van der Waals surface area contributed by atoms with E-state index in [0.29, 0.717) is 28.9 Å². The van der Waals surface area contributed by atoms with Crippen LogP contribution in [0.2, 0.25) is 0 Å². The molecule has 4 rings (SSSR count). The average molecular weight is 451 g/mol. The van der Waals surface area contributed by atoms with Crippen molar-refractivity contribution in [1.82, 2.24) is 0 Å². The lowest BCUT2D eigenvalue weighted by atomic mass is 9.80. The molecule has 2 aliphatic carbocycles. The third kappa shape index (κ3) is 4.66. The first-order valence-corrected chi connectivity index (χ1v) is 10.8. The number of rotatable bonds is 6. The smallest absolute Gasteiger partial charge is 0.335 e. The van der Waals surface area contributed by atoms with Crippen molar-refractivity contribution in [1.29, 1.82) is 0 Å². The van der Waals surface area contributed by atoms with Crippen LogP contribution >= 0.6 is 0 Å². The number of ketones is 1. The van der Waals surface area contributed by atoms with Crippen LogP contribution in [0.3, 0.4) is 0 Å². The molecule has 2 aromatic carbocycles. The van der Waals surface area contributed by atoms with E-state index in [9.17, 15) is 19.1 Å². The summed E-state index contributed by atoms with van der Waals surface area (Å²) in [6, 6.07) is 8.91. The van der Waals surface area contributed by atoms with Crippen molar-refractivity contribution < 1.29 is 24.2 Å². The Bertz CT molecular complexity index is 1160. The van der Waals surface area contributed by atoms with Gasteiger partial charge in [-0.25, -0.2) is 9.18 Å². The lowest BCUT2D eigenvalue weighted by molar-refractivity contribution is -0.114. The highest BCUT2D eigenvalue weighted by Crippen LogP contribution is 2.33. The molecule has 7 nitrogen and oxygen atoms in total. The van der Waals surface area contributed by atoms with Crippen LogP contribution in [-0.4, -0.2) is 47.3 Å². The Morgan fingerprint density at radius 1 is 1.21 bits per heavy atom. The van der Waals surface area contributed by atoms with Crippen LogP contribution in [0, 0.1) is 11.7 Å². The molecule has 0 aliphatic heterocycles. The molecule has 0 atom stereocenters. The molecule has 0 heterocycles. The number of fused-ring (bicyclic) bond motifs is 1. The number of anilines is 1. The van der Waals surface area contributed by atoms with Gasteiger partial charge in [0.25, 0.3) is 0 Å². The summed E-state index contributed by atoms with van der Waals surface area (Å²) in [5.41, 5.74) is 8.68. The number of nitrogens with two attached hydrogens (primary N) is 1. The van der Waals surface area contributed by atoms with Gasteiger partial charge < -0.3 is 21.3 Å². The zero-order valence-electron chi connectivity index (χ0n) is 18.3. The Balaban J connectivity index is 1.75. The number of aliphatic imine (C=N–C) groups is 1. The van der Waals surface area contributed by atoms with Gasteiger partial charge in [-0.05, 0) is 54.2 Å². The molecule has 2 aromatic rings. The molecule has 0 radical (unpaired) electrons. The van der Waals surface area contributed by atoms with Gasteiger partial charge in [0.05, 0.1) is 16.8 Å². The van der Waals surface area contributed by atoms with Crippen LogP contribution < -0.4 is 11.1 Å². The molecule has 1 saturated carbocycles. The maximum atomic E-state index is 14.4. The second-order valence-corrected chi connectivity index (χ2v) is 8.62. The normalized spacial score (nSPS) is 22.5. The fraction of sp³-hybridized carbons (Fsp3) is 0.320. The first-order valence-electron chi connectivity index (χ1n) is 10.8. The summed E-state index contributed by atoms with van der Waals surface area (Å²) in [5, 5.41) is 23.0. The van der Waals surface area contributed by atoms with Crippen LogP contribution in [0.15, 0.2) is 52.7 Å². The number of allylic oxidation sites excluding steroid dienone is 2. The number of aliphatic hydroxyl groups is 1. The third-order valence-electron chi connectivity index (χ3n) is 6.23. The number of hydrogen-bond donors (Lipinski definition) is 4. The van der Waals surface area contributed by atoms with Crippen LogP contribution in [-0.2, 0) is 17.6 Å². The average Bonchev–Trinajstić information content (AvgIpc) is 2.75. The minimum atomic E-state index is -1.05. The van der Waals surface area contributed by atoms with Crippen molar-refractivity contribution in [3.8, 4) is 0 Å². The summed E-state index contributed by atoms with van der Waals surface area (Å²) in [6.45, 7) is 0.436. The standard InChI is InChI=1S/C25H26FN3O4/c1-28-20-10-16(26)9-19-18(20)11-22(31)23(24(19)29-12-14-6-17(27)7-14)21(30)8-13-2-4-15(5-3-13)25(32)33/h2-5,9-10,14,17,28,30H,6-8,11-12,27H2,1H3,(H,32,33). The van der Waals surface area contributed by atoms with Gasteiger partial charge in [0.1, 0.15) is 11.6 Å². The minimum Gasteiger partial charge on any atom is -0.511 e. The van der Waals surface area contributed by atoms with Crippen LogP contribution in [0.25, 0.3) is 0 Å². The molecule has 33 heavy (non-hydrogen) atoms. The predicted octanol–water partition coefficient (Wildman–Crippen LogP) is 3.27. The number of carboxylic acid groups (broad SMARTS) is 1. The highest BCUT2D eigenvalue weighted by atomic mass is 19.1. The molecule has 0 bridgehead atoms. The number of halogens is 1. The van der Waals surface area contributed by atoms with E-state index in [1.165, 1.54) is 24.3 Å². The fourth-order valence-corrected chi connectivity index (χ4v) is 4.44. The van der Waals surface area contributed by atoms with E-state index in [2.05, 4.69) is 10.3 Å². The van der Waals surface area contributed by atoms with E-state index in [1.54, 1.807) is 19.2 Å². The summed E-state index contributed by atoms with van der Waals surface area (Å²) < 4.78 is 14.4. The Labute approximate surface area is 190 Å². The van der Waals surface area contributed by atoms with Gasteiger partial charge >= 0.3 is 5.97 Å². The monoisotopic (exact) mass is 451 g/mol. The molecule has 172 valence electrons. The number of carbonyl (C=O) groups is 2. The second kappa shape index (κ2) is 9.15. The van der Waals surface area contributed by atoms with Crippen molar-refractivity contribution in [2.24, 2.45) is 16.6 Å². The number of aliphatic hydroxyl groups excluding tert-OH is 1. The number of nitrogens with zero attached hydrogens (tertiary/aromatic N) is 1. The van der Waals surface area contributed by atoms with E-state index >= 15 is 0 Å². The van der Waals surface area contributed by atoms with E-state index in [0.717, 1.165) is 12.8 Å². The van der Waals surface area contributed by atoms with Gasteiger partial charge in [0.2, 0.25) is 0 Å². The van der Waals surface area contributed by atoms with E-state index in [1.807, 2.05) is 0 Å². The number of aromatic carboxylic acids is 1. The van der Waals surface area contributed by atoms with E-state index in [-0.39, 0.29) is 53.2 Å². The Kier molecular flexibility index (Phi) is 6.29. The maximum Gasteiger partial charge on any atom is 0.335 e. The molecule has 5 N–H and O–H groups in total. The SMILES string of the molecule is CNc1cc(F)cc2c1CC(=O)C(=C(O)Cc1ccc(C(=O)O)cc1)C2=NCC1CC(N)C1. The molecule has 2 aliphatic rings. The van der Waals surface area contributed by atoms with Crippen molar-refractivity contribution in [2.75, 3.05) is 18.9 Å². The summed E-state index contributed by atoms with van der Waals surface area (Å²) in [7, 11) is 1.66. The summed E-state index contributed by atoms with van der Waals surface area (Å²) in [5.74, 6) is -1.69. The molecule has 0 aromatic heterocycles. The largest absolute Gasteiger partial charge is 0.511 e. The summed E-state index contributed by atoms with van der Waals surface area (Å²) in [4.78, 5) is 28.9. The minimum absolute atomic E-state index is 0.0104. The predicted molar refractivity (Wildman–Crippen MR) is 124 cm³/mol. The maximum absolute atomic E-state index is 14.4. The third-order valence-corrected chi connectivity index (χ3v) is 6.23. The van der Waals surface area contributed by atoms with Gasteiger partial charge in [-0.1, -0.05) is 12.1 Å². The number of nitrogens with one attached hydrogen (secondary N) is 1. The van der Waals surface area contributed by atoms with Crippen LogP contribution in [0.5, 0.6) is 0 Å². The lowest BCUT2D eigenvalue weighted by Gasteiger charge is -2.31. The highest BCUT2D eigenvalue weighted by Gasteiger charge is 2.33. The summed E-state index contributed by atoms with van der Waals surface area (Å²) in [6.07, 6.45) is 1.71. The first-order chi connectivity index (χ1) is 15.8. The Morgan fingerprint density at radius 3 is 2.52 bits per heavy atom. The van der Waals surface area contributed by atoms with Gasteiger partial charge in [0, 0.05) is 43.7 Å². The number of carbonyl (C=O) groups excluding carboxylic acids is 1. The van der Waals surface area contributed by atoms with E-state index < -0.39 is 11.8 Å². The topological polar surface area (TPSA) is 125 Å². The molecule has 0 unspecified atom stereocenters. The molecule has 0 saturated heterocycles. The second-order valence-electron chi connectivity index (χ2n) is 8.62. The van der Waals surface area contributed by atoms with Gasteiger partial charge in [0.15, 0.2) is 5.78 Å². The molecule has 1 fully saturated rings. The van der Waals surface area contributed by atoms with Crippen LogP contribution in [0.1, 0.15) is 39.9 Å². The van der Waals surface area contributed by atoms with Crippen molar-refractivity contribution >= 4 is 23.2 Å². The van der Waals surface area contributed by atoms with Crippen molar-refractivity contribution in [3.63, 3.8) is 0 Å². The number of Topliss-reactive ketones (excluding diaryl/α,β-unsaturated/α-hetero) is 1. The molecule has 0 amide bonds. The molecule has 0 spiro atoms. The quantitative estimate of drug-likeness (QED) is 0.395. The number of carboxylic acids is 1. The Morgan fingerprint density at radius 2 is 1.91 bits per heavy atom. The zero-order valence-corrected chi connectivity index (χ0v) is 18.3. The van der Waals surface area contributed by atoms with Crippen molar-refractivity contribution in [3.05, 3.63) is 75.8 Å². The highest BCUT2D eigenvalue weighted by molar-refractivity contribution is 6.32. The number of hydrogen-bond acceptors (Lipinski definition) is 6. The zero-order chi connectivity index (χ0) is 23.7. The Hall–Kier alpha value is -3.52. The fourth-order valence-electron chi connectivity index (χ4n) is 4.44. The molecular weight excluding hydrogens is 425 g/mol. The number of benzene rings is 2. The van der Waals surface area contributed by atoms with E-state index in [4.69, 9.17) is 10.8 Å². The van der Waals surface area contributed by atoms with Gasteiger partial charge in [-0.15, -0.1) is 0 Å². The molecular formula is C25H26FN3O4. The van der Waals surface area contributed by atoms with Crippen LogP contribution in [0.4, 0.5) is 10.1 Å². The van der Waals surface area contributed by atoms with Crippen molar-refractivity contribution in [2.45, 2.75) is 31.7 Å². The van der Waals surface area contributed by atoms with Gasteiger partial charge in [-0.3, -0.25) is 9.79 Å².